The standard InChI is InChI=1S/C18H18N6O2/c1-13-11-17(21-16-4-3-14(24(25)26)12-15(13)16)22-7-9-23(10-8-22)18-19-5-2-6-20-18/h2-6,11-12H,7-10H2,1H3. The van der Waals surface area contributed by atoms with E-state index in [-0.39, 0.29) is 10.6 Å². The van der Waals surface area contributed by atoms with Gasteiger partial charge in [0.1, 0.15) is 5.82 Å². The molecule has 4 rings (SSSR count). The van der Waals surface area contributed by atoms with Crippen molar-refractivity contribution in [1.29, 1.82) is 0 Å². The fourth-order valence-corrected chi connectivity index (χ4v) is 3.23. The third-order valence-corrected chi connectivity index (χ3v) is 4.64. The molecule has 0 radical (unpaired) electrons. The smallest absolute Gasteiger partial charge is 0.270 e. The molecule has 0 spiro atoms. The Bertz CT molecular complexity index is 955. The van der Waals surface area contributed by atoms with Crippen molar-refractivity contribution in [2.24, 2.45) is 0 Å². The number of nitrogens with zero attached hydrogens (tertiary/aromatic N) is 6. The first-order chi connectivity index (χ1) is 12.6. The molecule has 0 saturated carbocycles. The highest BCUT2D eigenvalue weighted by molar-refractivity contribution is 5.86. The number of nitro benzene ring substituents is 1. The van der Waals surface area contributed by atoms with Gasteiger partial charge in [0.15, 0.2) is 0 Å². The molecule has 3 aromatic rings. The molecule has 26 heavy (non-hydrogen) atoms. The summed E-state index contributed by atoms with van der Waals surface area (Å²) in [5.74, 6) is 1.65. The maximum Gasteiger partial charge on any atom is 0.270 e. The molecule has 132 valence electrons. The number of rotatable bonds is 3. The molecule has 0 aliphatic carbocycles. The maximum absolute atomic E-state index is 11.0. The van der Waals surface area contributed by atoms with Gasteiger partial charge in [-0.05, 0) is 30.7 Å². The van der Waals surface area contributed by atoms with Crippen LogP contribution in [0.25, 0.3) is 10.9 Å². The number of aromatic nitrogens is 3. The Morgan fingerprint density at radius 3 is 2.42 bits per heavy atom. The summed E-state index contributed by atoms with van der Waals surface area (Å²) in [5, 5.41) is 11.8. The average molecular weight is 350 g/mol. The molecule has 8 nitrogen and oxygen atoms in total. The summed E-state index contributed by atoms with van der Waals surface area (Å²) in [6.07, 6.45) is 3.50. The molecule has 1 aromatic carbocycles. The van der Waals surface area contributed by atoms with Crippen LogP contribution in [-0.2, 0) is 0 Å². The molecule has 1 fully saturated rings. The van der Waals surface area contributed by atoms with E-state index in [4.69, 9.17) is 4.98 Å². The van der Waals surface area contributed by atoms with Gasteiger partial charge in [0, 0.05) is 56.1 Å². The van der Waals surface area contributed by atoms with E-state index in [1.54, 1.807) is 24.5 Å². The van der Waals surface area contributed by atoms with Crippen LogP contribution in [0.3, 0.4) is 0 Å². The third kappa shape index (κ3) is 3.01. The minimum atomic E-state index is -0.377. The van der Waals surface area contributed by atoms with Crippen LogP contribution in [0.4, 0.5) is 17.5 Å². The largest absolute Gasteiger partial charge is 0.353 e. The molecule has 0 N–H and O–H groups in total. The number of hydrogen-bond donors (Lipinski definition) is 0. The third-order valence-electron chi connectivity index (χ3n) is 4.64. The lowest BCUT2D eigenvalue weighted by Crippen LogP contribution is -2.47. The van der Waals surface area contributed by atoms with E-state index in [2.05, 4.69) is 19.8 Å². The van der Waals surface area contributed by atoms with Crippen molar-refractivity contribution >= 4 is 28.4 Å². The number of piperazine rings is 1. The number of nitro groups is 1. The lowest BCUT2D eigenvalue weighted by atomic mass is 10.1. The van der Waals surface area contributed by atoms with E-state index >= 15 is 0 Å². The molecular weight excluding hydrogens is 332 g/mol. The predicted octanol–water partition coefficient (Wildman–Crippen LogP) is 2.57. The van der Waals surface area contributed by atoms with Gasteiger partial charge in [0.25, 0.3) is 5.69 Å². The van der Waals surface area contributed by atoms with E-state index < -0.39 is 0 Å². The van der Waals surface area contributed by atoms with Gasteiger partial charge in [-0.15, -0.1) is 0 Å². The lowest BCUT2D eigenvalue weighted by molar-refractivity contribution is -0.384. The predicted molar refractivity (Wildman–Crippen MR) is 99.6 cm³/mol. The Kier molecular flexibility index (Phi) is 4.08. The van der Waals surface area contributed by atoms with Crippen molar-refractivity contribution in [3.05, 3.63) is 58.4 Å². The van der Waals surface area contributed by atoms with Crippen molar-refractivity contribution in [1.82, 2.24) is 15.0 Å². The molecule has 1 saturated heterocycles. The van der Waals surface area contributed by atoms with Gasteiger partial charge in [-0.2, -0.15) is 0 Å². The van der Waals surface area contributed by atoms with Crippen LogP contribution in [0.1, 0.15) is 5.56 Å². The van der Waals surface area contributed by atoms with Gasteiger partial charge in [-0.1, -0.05) is 0 Å². The Morgan fingerprint density at radius 2 is 1.73 bits per heavy atom. The fraction of sp³-hybridized carbons (Fsp3) is 0.278. The number of non-ortho nitro benzene ring substituents is 1. The molecule has 0 amide bonds. The number of hydrogen-bond acceptors (Lipinski definition) is 7. The summed E-state index contributed by atoms with van der Waals surface area (Å²) < 4.78 is 0. The van der Waals surface area contributed by atoms with Gasteiger partial charge < -0.3 is 9.80 Å². The SMILES string of the molecule is Cc1cc(N2CCN(c3ncccn3)CC2)nc2ccc([N+](=O)[O-])cc12. The average Bonchev–Trinajstić information content (AvgIpc) is 2.68. The molecule has 1 aliphatic rings. The number of pyridine rings is 1. The van der Waals surface area contributed by atoms with Crippen molar-refractivity contribution < 1.29 is 4.92 Å². The van der Waals surface area contributed by atoms with E-state index in [9.17, 15) is 10.1 Å². The van der Waals surface area contributed by atoms with Crippen molar-refractivity contribution in [3.8, 4) is 0 Å². The first-order valence-electron chi connectivity index (χ1n) is 8.44. The molecule has 1 aliphatic heterocycles. The van der Waals surface area contributed by atoms with Gasteiger partial charge in [-0.25, -0.2) is 15.0 Å². The molecule has 2 aromatic heterocycles. The van der Waals surface area contributed by atoms with Crippen molar-refractivity contribution in [2.45, 2.75) is 6.92 Å². The van der Waals surface area contributed by atoms with E-state index in [1.807, 2.05) is 19.1 Å². The summed E-state index contributed by atoms with van der Waals surface area (Å²) in [6, 6.07) is 8.62. The topological polar surface area (TPSA) is 88.3 Å². The monoisotopic (exact) mass is 350 g/mol. The molecular formula is C18H18N6O2. The van der Waals surface area contributed by atoms with Crippen LogP contribution >= 0.6 is 0 Å². The summed E-state index contributed by atoms with van der Waals surface area (Å²) in [4.78, 5) is 28.3. The van der Waals surface area contributed by atoms with Gasteiger partial charge in [-0.3, -0.25) is 10.1 Å². The molecule has 0 bridgehead atoms. The van der Waals surface area contributed by atoms with Crippen LogP contribution in [0.5, 0.6) is 0 Å². The highest BCUT2D eigenvalue weighted by Crippen LogP contribution is 2.27. The Hall–Kier alpha value is -3.29. The second kappa shape index (κ2) is 6.55. The minimum Gasteiger partial charge on any atom is -0.353 e. The zero-order chi connectivity index (χ0) is 18.1. The van der Waals surface area contributed by atoms with Gasteiger partial charge in [0.05, 0.1) is 10.4 Å². The van der Waals surface area contributed by atoms with Crippen LogP contribution in [0.15, 0.2) is 42.7 Å². The van der Waals surface area contributed by atoms with Crippen LogP contribution < -0.4 is 9.80 Å². The zero-order valence-corrected chi connectivity index (χ0v) is 14.4. The zero-order valence-electron chi connectivity index (χ0n) is 14.4. The summed E-state index contributed by atoms with van der Waals surface area (Å²) in [7, 11) is 0. The maximum atomic E-state index is 11.0. The molecule has 8 heteroatoms. The second-order valence-corrected chi connectivity index (χ2v) is 6.28. The molecule has 3 heterocycles. The quantitative estimate of drug-likeness (QED) is 0.530. The van der Waals surface area contributed by atoms with Crippen LogP contribution in [0.2, 0.25) is 0 Å². The van der Waals surface area contributed by atoms with E-state index in [0.717, 1.165) is 54.4 Å². The second-order valence-electron chi connectivity index (χ2n) is 6.28. The van der Waals surface area contributed by atoms with Crippen LogP contribution in [-0.4, -0.2) is 46.1 Å². The number of benzene rings is 1. The molecule has 0 unspecified atom stereocenters. The normalized spacial score (nSPS) is 14.7. The number of fused-ring (bicyclic) bond motifs is 1. The first kappa shape index (κ1) is 16.2. The molecule has 0 atom stereocenters. The van der Waals surface area contributed by atoms with E-state index in [1.165, 1.54) is 6.07 Å². The summed E-state index contributed by atoms with van der Waals surface area (Å²) >= 11 is 0. The van der Waals surface area contributed by atoms with Crippen molar-refractivity contribution in [2.75, 3.05) is 36.0 Å². The van der Waals surface area contributed by atoms with Crippen molar-refractivity contribution in [3.63, 3.8) is 0 Å². The highest BCUT2D eigenvalue weighted by atomic mass is 16.6. The van der Waals surface area contributed by atoms with Crippen LogP contribution in [0, 0.1) is 17.0 Å². The Balaban J connectivity index is 1.56. The highest BCUT2D eigenvalue weighted by Gasteiger charge is 2.20. The Morgan fingerprint density at radius 1 is 1.04 bits per heavy atom. The van der Waals surface area contributed by atoms with Gasteiger partial charge in [0.2, 0.25) is 5.95 Å². The summed E-state index contributed by atoms with van der Waals surface area (Å²) in [6.45, 7) is 5.25. The number of aryl methyl sites for hydroxylation is 1. The Labute approximate surface area is 150 Å². The summed E-state index contributed by atoms with van der Waals surface area (Å²) in [5.41, 5.74) is 1.86. The van der Waals surface area contributed by atoms with E-state index in [0.29, 0.717) is 0 Å². The number of anilines is 2. The fourth-order valence-electron chi connectivity index (χ4n) is 3.23. The van der Waals surface area contributed by atoms with Gasteiger partial charge >= 0.3 is 0 Å². The first-order valence-corrected chi connectivity index (χ1v) is 8.44. The minimum absolute atomic E-state index is 0.0895. The lowest BCUT2D eigenvalue weighted by Gasteiger charge is -2.35.